The third-order valence-electron chi connectivity index (χ3n) is 5.08. The SMILES string of the molecule is Cc1cc(-c2cccc(C(N)=O)c2)nc2c(C(=O)NC(C3CC3)C(F)(F)F)ncn12. The van der Waals surface area contributed by atoms with Gasteiger partial charge in [0, 0.05) is 16.8 Å². The summed E-state index contributed by atoms with van der Waals surface area (Å²) < 4.78 is 41.4. The number of nitrogens with zero attached hydrogens (tertiary/aromatic N) is 3. The maximum atomic E-state index is 13.3. The summed E-state index contributed by atoms with van der Waals surface area (Å²) in [5.41, 5.74) is 7.23. The molecule has 1 aliphatic rings. The summed E-state index contributed by atoms with van der Waals surface area (Å²) in [4.78, 5) is 32.5. The van der Waals surface area contributed by atoms with E-state index in [2.05, 4.69) is 15.3 Å². The Morgan fingerprint density at radius 3 is 2.63 bits per heavy atom. The molecule has 3 N–H and O–H groups in total. The van der Waals surface area contributed by atoms with Gasteiger partial charge < -0.3 is 11.1 Å². The quantitative estimate of drug-likeness (QED) is 0.666. The molecule has 1 fully saturated rings. The Morgan fingerprint density at radius 2 is 2.00 bits per heavy atom. The first-order valence-electron chi connectivity index (χ1n) is 9.27. The van der Waals surface area contributed by atoms with Gasteiger partial charge in [0.1, 0.15) is 12.4 Å². The van der Waals surface area contributed by atoms with Crippen LogP contribution in [0.1, 0.15) is 39.4 Å². The van der Waals surface area contributed by atoms with Gasteiger partial charge in [-0.25, -0.2) is 9.97 Å². The highest BCUT2D eigenvalue weighted by Gasteiger charge is 2.50. The number of carbonyl (C=O) groups excluding carboxylic acids is 2. The van der Waals surface area contributed by atoms with E-state index in [-0.39, 0.29) is 16.9 Å². The fourth-order valence-corrected chi connectivity index (χ4v) is 3.37. The van der Waals surface area contributed by atoms with Crippen LogP contribution < -0.4 is 11.1 Å². The van der Waals surface area contributed by atoms with E-state index in [1.54, 1.807) is 37.3 Å². The number of imidazole rings is 1. The van der Waals surface area contributed by atoms with Crippen LogP contribution in [0.5, 0.6) is 0 Å². The Morgan fingerprint density at radius 1 is 1.27 bits per heavy atom. The second kappa shape index (κ2) is 7.12. The number of nitrogens with two attached hydrogens (primary N) is 1. The average Bonchev–Trinajstić information content (AvgIpc) is 3.42. The van der Waals surface area contributed by atoms with Gasteiger partial charge in [0.15, 0.2) is 11.3 Å². The number of alkyl halides is 3. The Hall–Kier alpha value is -3.43. The lowest BCUT2D eigenvalue weighted by Gasteiger charge is -2.20. The zero-order valence-electron chi connectivity index (χ0n) is 15.9. The van der Waals surface area contributed by atoms with Crippen molar-refractivity contribution in [1.29, 1.82) is 0 Å². The lowest BCUT2D eigenvalue weighted by atomic mass is 10.1. The van der Waals surface area contributed by atoms with Crippen molar-refractivity contribution in [3.63, 3.8) is 0 Å². The van der Waals surface area contributed by atoms with Crippen molar-refractivity contribution >= 4 is 17.5 Å². The summed E-state index contributed by atoms with van der Waals surface area (Å²) in [7, 11) is 0. The summed E-state index contributed by atoms with van der Waals surface area (Å²) >= 11 is 0. The monoisotopic (exact) mass is 417 g/mol. The number of hydrogen-bond acceptors (Lipinski definition) is 4. The van der Waals surface area contributed by atoms with Crippen LogP contribution in [0.4, 0.5) is 13.2 Å². The first-order chi connectivity index (χ1) is 14.1. The van der Waals surface area contributed by atoms with Crippen molar-refractivity contribution in [2.24, 2.45) is 11.7 Å². The van der Waals surface area contributed by atoms with Crippen LogP contribution >= 0.6 is 0 Å². The van der Waals surface area contributed by atoms with E-state index in [0.717, 1.165) is 0 Å². The van der Waals surface area contributed by atoms with Gasteiger partial charge in [-0.15, -0.1) is 0 Å². The zero-order valence-corrected chi connectivity index (χ0v) is 15.9. The third kappa shape index (κ3) is 3.72. The minimum Gasteiger partial charge on any atom is -0.366 e. The molecule has 2 aromatic heterocycles. The largest absolute Gasteiger partial charge is 0.408 e. The van der Waals surface area contributed by atoms with Crippen molar-refractivity contribution in [3.05, 3.63) is 53.6 Å². The van der Waals surface area contributed by atoms with Crippen molar-refractivity contribution in [1.82, 2.24) is 19.7 Å². The fourth-order valence-electron chi connectivity index (χ4n) is 3.37. The van der Waals surface area contributed by atoms with Crippen molar-refractivity contribution in [2.45, 2.75) is 32.0 Å². The van der Waals surface area contributed by atoms with Gasteiger partial charge in [0.05, 0.1) is 5.69 Å². The number of halogens is 3. The minimum atomic E-state index is -4.53. The summed E-state index contributed by atoms with van der Waals surface area (Å²) in [6.07, 6.45) is -2.34. The normalized spacial score (nSPS) is 15.2. The molecule has 30 heavy (non-hydrogen) atoms. The molecule has 1 atom stereocenters. The maximum Gasteiger partial charge on any atom is 0.408 e. The second-order valence-corrected chi connectivity index (χ2v) is 7.34. The van der Waals surface area contributed by atoms with Crippen LogP contribution in [-0.4, -0.2) is 38.4 Å². The average molecular weight is 417 g/mol. The Bertz CT molecular complexity index is 1150. The third-order valence-corrected chi connectivity index (χ3v) is 5.08. The highest BCUT2D eigenvalue weighted by Crippen LogP contribution is 2.40. The number of benzene rings is 1. The lowest BCUT2D eigenvalue weighted by molar-refractivity contribution is -0.158. The number of rotatable bonds is 5. The van der Waals surface area contributed by atoms with Crippen LogP contribution in [0.3, 0.4) is 0 Å². The molecule has 0 radical (unpaired) electrons. The van der Waals surface area contributed by atoms with Crippen LogP contribution in [0.15, 0.2) is 36.7 Å². The number of amides is 2. The molecule has 10 heteroatoms. The van der Waals surface area contributed by atoms with Gasteiger partial charge in [-0.1, -0.05) is 12.1 Å². The minimum absolute atomic E-state index is 0.128. The van der Waals surface area contributed by atoms with Gasteiger partial charge >= 0.3 is 6.18 Å². The molecule has 1 saturated carbocycles. The van der Waals surface area contributed by atoms with Gasteiger partial charge in [-0.3, -0.25) is 14.0 Å². The predicted octanol–water partition coefficient (Wildman–Crippen LogP) is 2.87. The molecule has 2 amide bonds. The Kier molecular flexibility index (Phi) is 4.71. The van der Waals surface area contributed by atoms with Crippen molar-refractivity contribution < 1.29 is 22.8 Å². The summed E-state index contributed by atoms with van der Waals surface area (Å²) in [6.45, 7) is 1.75. The highest BCUT2D eigenvalue weighted by atomic mass is 19.4. The molecule has 0 saturated heterocycles. The molecule has 7 nitrogen and oxygen atoms in total. The Labute approximate surface area is 169 Å². The number of carbonyl (C=O) groups is 2. The molecule has 156 valence electrons. The number of aromatic nitrogens is 3. The topological polar surface area (TPSA) is 102 Å². The fraction of sp³-hybridized carbons (Fsp3) is 0.300. The summed E-state index contributed by atoms with van der Waals surface area (Å²) in [5.74, 6) is -2.14. The van der Waals surface area contributed by atoms with Crippen LogP contribution in [0, 0.1) is 12.8 Å². The maximum absolute atomic E-state index is 13.3. The molecular formula is C20H18F3N5O2. The standard InChI is InChI=1S/C20H18F3N5O2/c1-10-7-14(12-3-2-4-13(8-12)17(24)29)26-18-15(25-9-28(10)18)19(30)27-16(11-5-6-11)20(21,22)23/h2-4,7-9,11,16H,5-6H2,1H3,(H2,24,29)(H,27,30). The zero-order chi connectivity index (χ0) is 21.6. The van der Waals surface area contributed by atoms with Crippen molar-refractivity contribution in [3.8, 4) is 11.3 Å². The molecule has 0 spiro atoms. The first-order valence-corrected chi connectivity index (χ1v) is 9.27. The van der Waals surface area contributed by atoms with Crippen LogP contribution in [0.2, 0.25) is 0 Å². The van der Waals surface area contributed by atoms with E-state index in [1.165, 1.54) is 10.7 Å². The molecule has 1 aliphatic carbocycles. The summed E-state index contributed by atoms with van der Waals surface area (Å²) in [6, 6.07) is 6.29. The highest BCUT2D eigenvalue weighted by molar-refractivity contribution is 5.98. The number of nitrogens with one attached hydrogen (secondary N) is 1. The molecule has 2 heterocycles. The number of primary amides is 1. The molecule has 1 unspecified atom stereocenters. The van der Waals surface area contributed by atoms with E-state index in [4.69, 9.17) is 5.73 Å². The Balaban J connectivity index is 1.73. The van der Waals surface area contributed by atoms with Gasteiger partial charge in [-0.05, 0) is 43.9 Å². The predicted molar refractivity (Wildman–Crippen MR) is 102 cm³/mol. The van der Waals surface area contributed by atoms with Crippen molar-refractivity contribution in [2.75, 3.05) is 0 Å². The molecule has 1 aromatic carbocycles. The molecule has 4 rings (SSSR count). The van der Waals surface area contributed by atoms with Gasteiger partial charge in [-0.2, -0.15) is 13.2 Å². The molecule has 0 aliphatic heterocycles. The van der Waals surface area contributed by atoms with E-state index in [0.29, 0.717) is 29.8 Å². The second-order valence-electron chi connectivity index (χ2n) is 7.34. The lowest BCUT2D eigenvalue weighted by Crippen LogP contribution is -2.47. The van der Waals surface area contributed by atoms with Gasteiger partial charge in [0.25, 0.3) is 5.91 Å². The van der Waals surface area contributed by atoms with E-state index < -0.39 is 30.0 Å². The van der Waals surface area contributed by atoms with Crippen LogP contribution in [-0.2, 0) is 0 Å². The smallest absolute Gasteiger partial charge is 0.366 e. The molecular weight excluding hydrogens is 399 g/mol. The number of hydrogen-bond donors (Lipinski definition) is 2. The summed E-state index contributed by atoms with van der Waals surface area (Å²) in [5, 5.41) is 2.08. The van der Waals surface area contributed by atoms with E-state index in [9.17, 15) is 22.8 Å². The molecule has 0 bridgehead atoms. The number of fused-ring (bicyclic) bond motifs is 1. The van der Waals surface area contributed by atoms with E-state index >= 15 is 0 Å². The molecule has 3 aromatic rings. The van der Waals surface area contributed by atoms with Gasteiger partial charge in [0.2, 0.25) is 5.91 Å². The first kappa shape index (κ1) is 19.9. The van der Waals surface area contributed by atoms with Crippen LogP contribution in [0.25, 0.3) is 16.9 Å². The van der Waals surface area contributed by atoms with E-state index in [1.807, 2.05) is 0 Å². The number of aryl methyl sites for hydroxylation is 1.